The first kappa shape index (κ1) is 16.5. The average Bonchev–Trinajstić information content (AvgIpc) is 2.89. The Labute approximate surface area is 134 Å². The number of nitrogen functional groups attached to an aromatic ring is 1. The molecule has 1 aromatic carbocycles. The summed E-state index contributed by atoms with van der Waals surface area (Å²) < 4.78 is 13.1. The molecule has 1 heterocycles. The van der Waals surface area contributed by atoms with Crippen molar-refractivity contribution in [3.63, 3.8) is 0 Å². The molecule has 0 fully saturated rings. The highest BCUT2D eigenvalue weighted by Crippen LogP contribution is 2.34. The molecule has 0 bridgehead atoms. The lowest BCUT2D eigenvalue weighted by Gasteiger charge is -2.22. The van der Waals surface area contributed by atoms with E-state index in [1.54, 1.807) is 12.1 Å². The number of thiophene rings is 1. The Balaban J connectivity index is 2.40. The van der Waals surface area contributed by atoms with Gasteiger partial charge in [-0.15, -0.1) is 11.3 Å². The van der Waals surface area contributed by atoms with Gasteiger partial charge in [0.1, 0.15) is 5.82 Å². The van der Waals surface area contributed by atoms with E-state index in [1.165, 1.54) is 23.5 Å². The fraction of sp³-hybridized carbons (Fsp3) is 0.353. The molecule has 0 saturated heterocycles. The van der Waals surface area contributed by atoms with Gasteiger partial charge in [-0.25, -0.2) is 4.39 Å². The topological polar surface area (TPSA) is 46.3 Å². The van der Waals surface area contributed by atoms with Gasteiger partial charge >= 0.3 is 0 Å². The van der Waals surface area contributed by atoms with Crippen molar-refractivity contribution < 1.29 is 9.18 Å². The molecule has 2 aromatic rings. The lowest BCUT2D eigenvalue weighted by atomic mass is 10.0. The summed E-state index contributed by atoms with van der Waals surface area (Å²) in [5, 5.41) is 2.38. The Morgan fingerprint density at radius 2 is 1.77 bits per heavy atom. The predicted molar refractivity (Wildman–Crippen MR) is 90.6 cm³/mol. The Morgan fingerprint density at radius 1 is 1.18 bits per heavy atom. The van der Waals surface area contributed by atoms with Crippen LogP contribution in [0.15, 0.2) is 29.6 Å². The maximum absolute atomic E-state index is 13.1. The lowest BCUT2D eigenvalue weighted by Crippen LogP contribution is -2.33. The molecule has 0 unspecified atom stereocenters. The number of nitrogens with zero attached hydrogens (tertiary/aromatic N) is 1. The molecule has 0 aliphatic heterocycles. The van der Waals surface area contributed by atoms with Gasteiger partial charge in [-0.3, -0.25) is 4.79 Å². The molecule has 0 saturated carbocycles. The van der Waals surface area contributed by atoms with E-state index in [0.717, 1.165) is 24.0 Å². The van der Waals surface area contributed by atoms with Crippen molar-refractivity contribution in [2.75, 3.05) is 18.8 Å². The van der Waals surface area contributed by atoms with E-state index >= 15 is 0 Å². The summed E-state index contributed by atoms with van der Waals surface area (Å²) in [6, 6.07) is 6.15. The molecule has 1 amide bonds. The molecule has 2 N–H and O–H groups in total. The van der Waals surface area contributed by atoms with Crippen LogP contribution in [0.25, 0.3) is 11.1 Å². The zero-order valence-corrected chi connectivity index (χ0v) is 13.8. The number of benzene rings is 1. The quantitative estimate of drug-likeness (QED) is 0.857. The van der Waals surface area contributed by atoms with Crippen LogP contribution < -0.4 is 5.73 Å². The summed E-state index contributed by atoms with van der Waals surface area (Å²) in [6.45, 7) is 5.53. The molecule has 118 valence electrons. The Hall–Kier alpha value is -1.88. The van der Waals surface area contributed by atoms with Gasteiger partial charge < -0.3 is 10.6 Å². The standard InChI is InChI=1S/C17H21FN2OS/c1-3-9-20(10-4-2)17(21)15-14(11-22-16(15)19)12-5-7-13(18)8-6-12/h5-8,11H,3-4,9-10,19H2,1-2H3. The Morgan fingerprint density at radius 3 is 2.32 bits per heavy atom. The molecule has 0 aliphatic rings. The van der Waals surface area contributed by atoms with Crippen LogP contribution in [-0.4, -0.2) is 23.9 Å². The third-order valence-electron chi connectivity index (χ3n) is 3.46. The van der Waals surface area contributed by atoms with E-state index in [-0.39, 0.29) is 11.7 Å². The second-order valence-electron chi connectivity index (χ2n) is 5.19. The average molecular weight is 320 g/mol. The minimum atomic E-state index is -0.293. The maximum Gasteiger partial charge on any atom is 0.257 e. The van der Waals surface area contributed by atoms with Gasteiger partial charge in [0.2, 0.25) is 0 Å². The SMILES string of the molecule is CCCN(CCC)C(=O)c1c(-c2ccc(F)cc2)csc1N. The van der Waals surface area contributed by atoms with Gasteiger partial charge in [0, 0.05) is 24.0 Å². The van der Waals surface area contributed by atoms with Crippen LogP contribution in [0, 0.1) is 5.82 Å². The highest BCUT2D eigenvalue weighted by atomic mass is 32.1. The number of rotatable bonds is 6. The van der Waals surface area contributed by atoms with Crippen molar-refractivity contribution in [3.05, 3.63) is 41.0 Å². The van der Waals surface area contributed by atoms with Crippen LogP contribution in [-0.2, 0) is 0 Å². The summed E-state index contributed by atoms with van der Waals surface area (Å²) in [5.41, 5.74) is 8.17. The first-order valence-electron chi connectivity index (χ1n) is 7.50. The van der Waals surface area contributed by atoms with Crippen molar-refractivity contribution in [1.82, 2.24) is 4.90 Å². The van der Waals surface area contributed by atoms with Crippen LogP contribution >= 0.6 is 11.3 Å². The van der Waals surface area contributed by atoms with E-state index in [2.05, 4.69) is 0 Å². The highest BCUT2D eigenvalue weighted by molar-refractivity contribution is 7.15. The normalized spacial score (nSPS) is 10.7. The third kappa shape index (κ3) is 3.47. The lowest BCUT2D eigenvalue weighted by molar-refractivity contribution is 0.0758. The number of anilines is 1. The summed E-state index contributed by atoms with van der Waals surface area (Å²) >= 11 is 1.35. The number of hydrogen-bond donors (Lipinski definition) is 1. The van der Waals surface area contributed by atoms with E-state index in [9.17, 15) is 9.18 Å². The molecular weight excluding hydrogens is 299 g/mol. The number of carbonyl (C=O) groups is 1. The van der Waals surface area contributed by atoms with E-state index < -0.39 is 0 Å². The molecule has 22 heavy (non-hydrogen) atoms. The van der Waals surface area contributed by atoms with Crippen molar-refractivity contribution in [1.29, 1.82) is 0 Å². The minimum absolute atomic E-state index is 0.0400. The van der Waals surface area contributed by atoms with Crippen molar-refractivity contribution in [3.8, 4) is 11.1 Å². The van der Waals surface area contributed by atoms with Gasteiger partial charge in [-0.2, -0.15) is 0 Å². The fourth-order valence-electron chi connectivity index (χ4n) is 2.45. The molecule has 0 atom stereocenters. The maximum atomic E-state index is 13.1. The smallest absolute Gasteiger partial charge is 0.257 e. The zero-order valence-electron chi connectivity index (χ0n) is 12.9. The summed E-state index contributed by atoms with van der Waals surface area (Å²) in [5.74, 6) is -0.333. The highest BCUT2D eigenvalue weighted by Gasteiger charge is 2.23. The van der Waals surface area contributed by atoms with Crippen LogP contribution in [0.2, 0.25) is 0 Å². The van der Waals surface area contributed by atoms with Crippen LogP contribution in [0.5, 0.6) is 0 Å². The van der Waals surface area contributed by atoms with Crippen LogP contribution in [0.4, 0.5) is 9.39 Å². The van der Waals surface area contributed by atoms with Gasteiger partial charge in [0.05, 0.1) is 10.6 Å². The summed E-state index contributed by atoms with van der Waals surface area (Å²) in [6.07, 6.45) is 1.81. The second-order valence-corrected chi connectivity index (χ2v) is 6.10. The van der Waals surface area contributed by atoms with Crippen LogP contribution in [0.3, 0.4) is 0 Å². The molecule has 0 radical (unpaired) electrons. The van der Waals surface area contributed by atoms with Crippen LogP contribution in [0.1, 0.15) is 37.0 Å². The van der Waals surface area contributed by atoms with Crippen molar-refractivity contribution in [2.24, 2.45) is 0 Å². The van der Waals surface area contributed by atoms with E-state index in [4.69, 9.17) is 5.73 Å². The van der Waals surface area contributed by atoms with Crippen molar-refractivity contribution >= 4 is 22.2 Å². The van der Waals surface area contributed by atoms with Gasteiger partial charge in [0.25, 0.3) is 5.91 Å². The number of hydrogen-bond acceptors (Lipinski definition) is 3. The number of halogens is 1. The molecule has 2 rings (SSSR count). The van der Waals surface area contributed by atoms with Gasteiger partial charge in [0.15, 0.2) is 0 Å². The molecule has 3 nitrogen and oxygen atoms in total. The molecule has 1 aromatic heterocycles. The van der Waals surface area contributed by atoms with E-state index in [0.29, 0.717) is 23.7 Å². The fourth-order valence-corrected chi connectivity index (χ4v) is 3.26. The largest absolute Gasteiger partial charge is 0.390 e. The Kier molecular flexibility index (Phi) is 5.55. The summed E-state index contributed by atoms with van der Waals surface area (Å²) in [7, 11) is 0. The zero-order chi connectivity index (χ0) is 16.1. The van der Waals surface area contributed by atoms with Crippen molar-refractivity contribution in [2.45, 2.75) is 26.7 Å². The molecular formula is C17H21FN2OS. The predicted octanol–water partition coefficient (Wildman–Crippen LogP) is 4.40. The first-order valence-corrected chi connectivity index (χ1v) is 8.38. The molecule has 0 spiro atoms. The Bertz CT molecular complexity index is 631. The number of amides is 1. The molecule has 5 heteroatoms. The minimum Gasteiger partial charge on any atom is -0.390 e. The monoisotopic (exact) mass is 320 g/mol. The third-order valence-corrected chi connectivity index (χ3v) is 4.27. The number of nitrogens with two attached hydrogens (primary N) is 1. The summed E-state index contributed by atoms with van der Waals surface area (Å²) in [4.78, 5) is 14.7. The van der Waals surface area contributed by atoms with Gasteiger partial charge in [-0.1, -0.05) is 26.0 Å². The first-order chi connectivity index (χ1) is 10.6. The van der Waals surface area contributed by atoms with Gasteiger partial charge in [-0.05, 0) is 30.5 Å². The molecule has 0 aliphatic carbocycles. The second kappa shape index (κ2) is 7.40. The number of carbonyl (C=O) groups excluding carboxylic acids is 1. The van der Waals surface area contributed by atoms with E-state index in [1.807, 2.05) is 24.1 Å².